The van der Waals surface area contributed by atoms with Gasteiger partial charge in [0, 0.05) is 0 Å². The van der Waals surface area contributed by atoms with Crippen LogP contribution in [0, 0.1) is 0 Å². The van der Waals surface area contributed by atoms with E-state index in [1.807, 2.05) is 18.2 Å². The van der Waals surface area contributed by atoms with Crippen molar-refractivity contribution in [2.75, 3.05) is 19.8 Å². The standard InChI is InChI=1S/C16H23NO4/c1-2-3-4-8-11-20-16(19)17-12-14(18)13-21-15-9-6-5-7-10-15/h5-7,9-10H,2-4,8,11-13H2,1H3,(H,17,19). The number of amides is 1. The number of ether oxygens (including phenoxy) is 2. The van der Waals surface area contributed by atoms with E-state index in [1.54, 1.807) is 12.1 Å². The Morgan fingerprint density at radius 2 is 1.86 bits per heavy atom. The summed E-state index contributed by atoms with van der Waals surface area (Å²) in [6.45, 7) is 2.36. The minimum Gasteiger partial charge on any atom is -0.486 e. The van der Waals surface area contributed by atoms with Crippen LogP contribution in [0.2, 0.25) is 0 Å². The van der Waals surface area contributed by atoms with Gasteiger partial charge in [-0.3, -0.25) is 4.79 Å². The number of alkyl carbamates (subject to hydrolysis) is 1. The van der Waals surface area contributed by atoms with E-state index in [2.05, 4.69) is 12.2 Å². The molecular formula is C16H23NO4. The zero-order chi connectivity index (χ0) is 15.3. The fourth-order valence-corrected chi connectivity index (χ4v) is 1.65. The lowest BCUT2D eigenvalue weighted by molar-refractivity contribution is -0.120. The molecule has 0 spiro atoms. The fourth-order valence-electron chi connectivity index (χ4n) is 1.65. The van der Waals surface area contributed by atoms with E-state index in [0.29, 0.717) is 12.4 Å². The Kier molecular flexibility index (Phi) is 8.68. The molecule has 116 valence electrons. The summed E-state index contributed by atoms with van der Waals surface area (Å²) in [5, 5.41) is 2.42. The van der Waals surface area contributed by atoms with Crippen molar-refractivity contribution in [2.45, 2.75) is 32.6 Å². The third kappa shape index (κ3) is 8.68. The van der Waals surface area contributed by atoms with Crippen LogP contribution < -0.4 is 10.1 Å². The van der Waals surface area contributed by atoms with E-state index < -0.39 is 6.09 Å². The van der Waals surface area contributed by atoms with E-state index in [1.165, 1.54) is 0 Å². The largest absolute Gasteiger partial charge is 0.486 e. The van der Waals surface area contributed by atoms with Gasteiger partial charge >= 0.3 is 6.09 Å². The van der Waals surface area contributed by atoms with Crippen molar-refractivity contribution < 1.29 is 19.1 Å². The monoisotopic (exact) mass is 293 g/mol. The number of carbonyl (C=O) groups excluding carboxylic acids is 2. The lowest BCUT2D eigenvalue weighted by atomic mass is 10.2. The first-order valence-electron chi connectivity index (χ1n) is 7.32. The van der Waals surface area contributed by atoms with Crippen molar-refractivity contribution in [2.24, 2.45) is 0 Å². The molecule has 0 bridgehead atoms. The maximum Gasteiger partial charge on any atom is 0.407 e. The molecule has 1 rings (SSSR count). The number of nitrogens with one attached hydrogen (secondary N) is 1. The Balaban J connectivity index is 2.05. The van der Waals surface area contributed by atoms with Crippen LogP contribution >= 0.6 is 0 Å². The second-order valence-electron chi connectivity index (χ2n) is 4.69. The predicted molar refractivity (Wildman–Crippen MR) is 80.4 cm³/mol. The van der Waals surface area contributed by atoms with Crippen LogP contribution in [0.3, 0.4) is 0 Å². The summed E-state index contributed by atoms with van der Waals surface area (Å²) >= 11 is 0. The number of rotatable bonds is 10. The van der Waals surface area contributed by atoms with Crippen LogP contribution in [0.1, 0.15) is 32.6 Å². The Labute approximate surface area is 125 Å². The molecule has 0 saturated heterocycles. The van der Waals surface area contributed by atoms with Crippen LogP contribution in [0.5, 0.6) is 5.75 Å². The van der Waals surface area contributed by atoms with Gasteiger partial charge in [0.05, 0.1) is 13.2 Å². The topological polar surface area (TPSA) is 64.6 Å². The van der Waals surface area contributed by atoms with E-state index >= 15 is 0 Å². The molecular weight excluding hydrogens is 270 g/mol. The van der Waals surface area contributed by atoms with Crippen molar-refractivity contribution in [1.82, 2.24) is 5.32 Å². The molecule has 5 nitrogen and oxygen atoms in total. The smallest absolute Gasteiger partial charge is 0.407 e. The molecule has 21 heavy (non-hydrogen) atoms. The predicted octanol–water partition coefficient (Wildman–Crippen LogP) is 2.94. The molecule has 0 radical (unpaired) electrons. The Morgan fingerprint density at radius 1 is 1.10 bits per heavy atom. The van der Waals surface area contributed by atoms with Gasteiger partial charge in [0.1, 0.15) is 12.4 Å². The summed E-state index contributed by atoms with van der Waals surface area (Å²) < 4.78 is 10.2. The highest BCUT2D eigenvalue weighted by Crippen LogP contribution is 2.07. The van der Waals surface area contributed by atoms with Crippen molar-refractivity contribution in [1.29, 1.82) is 0 Å². The van der Waals surface area contributed by atoms with Crippen LogP contribution in [0.25, 0.3) is 0 Å². The number of hydrogen-bond donors (Lipinski definition) is 1. The fraction of sp³-hybridized carbons (Fsp3) is 0.500. The molecule has 0 saturated carbocycles. The average Bonchev–Trinajstić information content (AvgIpc) is 2.51. The van der Waals surface area contributed by atoms with Crippen LogP contribution in [-0.4, -0.2) is 31.6 Å². The number of hydrogen-bond acceptors (Lipinski definition) is 4. The third-order valence-corrected chi connectivity index (χ3v) is 2.80. The lowest BCUT2D eigenvalue weighted by Gasteiger charge is -2.07. The SMILES string of the molecule is CCCCCCOC(=O)NCC(=O)COc1ccccc1. The molecule has 0 fully saturated rings. The molecule has 0 aliphatic carbocycles. The summed E-state index contributed by atoms with van der Waals surface area (Å²) in [4.78, 5) is 22.9. The number of benzene rings is 1. The summed E-state index contributed by atoms with van der Waals surface area (Å²) in [5.41, 5.74) is 0. The summed E-state index contributed by atoms with van der Waals surface area (Å²) in [6, 6.07) is 9.06. The number of carbonyl (C=O) groups is 2. The molecule has 1 amide bonds. The number of Topliss-reactive ketones (excluding diaryl/α,β-unsaturated/α-hetero) is 1. The maximum atomic E-state index is 11.5. The van der Waals surface area contributed by atoms with Crippen molar-refractivity contribution in [3.8, 4) is 5.75 Å². The number of unbranched alkanes of at least 4 members (excludes halogenated alkanes) is 3. The summed E-state index contributed by atoms with van der Waals surface area (Å²) in [6.07, 6.45) is 3.63. The second-order valence-corrected chi connectivity index (χ2v) is 4.69. The number of para-hydroxylation sites is 1. The van der Waals surface area contributed by atoms with Gasteiger partial charge in [-0.15, -0.1) is 0 Å². The molecule has 0 aromatic heterocycles. The first-order valence-corrected chi connectivity index (χ1v) is 7.32. The Bertz CT molecular complexity index is 420. The molecule has 0 aliphatic rings. The highest BCUT2D eigenvalue weighted by Gasteiger charge is 2.07. The van der Waals surface area contributed by atoms with Gasteiger partial charge < -0.3 is 14.8 Å². The first-order chi connectivity index (χ1) is 10.2. The van der Waals surface area contributed by atoms with E-state index in [4.69, 9.17) is 9.47 Å². The minimum atomic E-state index is -0.556. The average molecular weight is 293 g/mol. The first kappa shape index (κ1) is 17.0. The minimum absolute atomic E-state index is 0.0687. The van der Waals surface area contributed by atoms with Gasteiger partial charge in [-0.1, -0.05) is 44.4 Å². The molecule has 1 N–H and O–H groups in total. The van der Waals surface area contributed by atoms with Gasteiger partial charge in [-0.2, -0.15) is 0 Å². The van der Waals surface area contributed by atoms with E-state index in [0.717, 1.165) is 25.7 Å². The molecule has 0 atom stereocenters. The van der Waals surface area contributed by atoms with E-state index in [-0.39, 0.29) is 18.9 Å². The molecule has 1 aromatic rings. The number of ketones is 1. The van der Waals surface area contributed by atoms with Crippen LogP contribution in [-0.2, 0) is 9.53 Å². The zero-order valence-corrected chi connectivity index (χ0v) is 12.5. The van der Waals surface area contributed by atoms with Crippen molar-refractivity contribution >= 4 is 11.9 Å². The normalized spacial score (nSPS) is 9.95. The van der Waals surface area contributed by atoms with E-state index in [9.17, 15) is 9.59 Å². The lowest BCUT2D eigenvalue weighted by Crippen LogP contribution is -2.32. The van der Waals surface area contributed by atoms with Gasteiger partial charge in [-0.25, -0.2) is 4.79 Å². The zero-order valence-electron chi connectivity index (χ0n) is 12.5. The molecule has 0 unspecified atom stereocenters. The highest BCUT2D eigenvalue weighted by molar-refractivity contribution is 5.85. The third-order valence-electron chi connectivity index (χ3n) is 2.80. The molecule has 5 heteroatoms. The van der Waals surface area contributed by atoms with Gasteiger partial charge in [0.25, 0.3) is 0 Å². The van der Waals surface area contributed by atoms with Crippen molar-refractivity contribution in [3.05, 3.63) is 30.3 Å². The van der Waals surface area contributed by atoms with Gasteiger partial charge in [0.15, 0.2) is 5.78 Å². The van der Waals surface area contributed by atoms with Crippen molar-refractivity contribution in [3.63, 3.8) is 0 Å². The van der Waals surface area contributed by atoms with Gasteiger partial charge in [0.2, 0.25) is 0 Å². The Morgan fingerprint density at radius 3 is 2.57 bits per heavy atom. The molecule has 0 heterocycles. The Hall–Kier alpha value is -2.04. The quantitative estimate of drug-likeness (QED) is 0.674. The van der Waals surface area contributed by atoms with Gasteiger partial charge in [-0.05, 0) is 18.6 Å². The molecule has 1 aromatic carbocycles. The second kappa shape index (κ2) is 10.7. The van der Waals surface area contributed by atoms with Crippen LogP contribution in [0.4, 0.5) is 4.79 Å². The summed E-state index contributed by atoms with van der Waals surface area (Å²) in [5.74, 6) is 0.422. The summed E-state index contributed by atoms with van der Waals surface area (Å²) in [7, 11) is 0. The highest BCUT2D eigenvalue weighted by atomic mass is 16.5. The maximum absolute atomic E-state index is 11.5. The molecule has 0 aliphatic heterocycles. The van der Waals surface area contributed by atoms with Crippen LogP contribution in [0.15, 0.2) is 30.3 Å².